The first-order chi connectivity index (χ1) is 12.6. The summed E-state index contributed by atoms with van der Waals surface area (Å²) in [7, 11) is 0. The summed E-state index contributed by atoms with van der Waals surface area (Å²) in [5.74, 6) is 0.529. The molecule has 2 aromatic carbocycles. The minimum absolute atomic E-state index is 0.113. The molecule has 1 heterocycles. The predicted octanol–water partition coefficient (Wildman–Crippen LogP) is 5.31. The topological polar surface area (TPSA) is 29.5 Å². The van der Waals surface area contributed by atoms with Crippen LogP contribution < -0.4 is 4.74 Å². The van der Waals surface area contributed by atoms with Gasteiger partial charge < -0.3 is 4.74 Å². The summed E-state index contributed by atoms with van der Waals surface area (Å²) >= 11 is 12.8. The molecule has 3 rings (SSSR count). The number of carbonyl (C=O) groups is 1. The fourth-order valence-electron chi connectivity index (χ4n) is 2.46. The molecule has 1 aliphatic rings. The van der Waals surface area contributed by atoms with Gasteiger partial charge in [0.2, 0.25) is 0 Å². The highest BCUT2D eigenvalue weighted by molar-refractivity contribution is 8.26. The van der Waals surface area contributed by atoms with Gasteiger partial charge in [0.1, 0.15) is 16.7 Å². The maximum absolute atomic E-state index is 12.8. The highest BCUT2D eigenvalue weighted by Crippen LogP contribution is 2.35. The lowest BCUT2D eigenvalue weighted by Crippen LogP contribution is -2.27. The van der Waals surface area contributed by atoms with Crippen LogP contribution in [0.3, 0.4) is 0 Å². The zero-order valence-electron chi connectivity index (χ0n) is 13.9. The number of benzene rings is 2. The van der Waals surface area contributed by atoms with Crippen molar-refractivity contribution in [3.8, 4) is 5.75 Å². The van der Waals surface area contributed by atoms with E-state index >= 15 is 0 Å². The molecule has 1 saturated heterocycles. The van der Waals surface area contributed by atoms with Gasteiger partial charge in [-0.3, -0.25) is 9.69 Å². The van der Waals surface area contributed by atoms with Gasteiger partial charge in [0, 0.05) is 10.6 Å². The van der Waals surface area contributed by atoms with Crippen molar-refractivity contribution in [3.63, 3.8) is 0 Å². The van der Waals surface area contributed by atoms with Crippen LogP contribution in [0, 0.1) is 0 Å². The van der Waals surface area contributed by atoms with Crippen molar-refractivity contribution in [2.75, 3.05) is 6.61 Å². The largest absolute Gasteiger partial charge is 0.489 e. The molecule has 0 saturated carbocycles. The molecule has 1 amide bonds. The van der Waals surface area contributed by atoms with Crippen LogP contribution in [0.2, 0.25) is 5.02 Å². The first kappa shape index (κ1) is 18.7. The summed E-state index contributed by atoms with van der Waals surface area (Å²) in [5.41, 5.74) is 1.77. The molecular weight excluding hydrogens is 386 g/mol. The van der Waals surface area contributed by atoms with Crippen LogP contribution >= 0.6 is 35.6 Å². The highest BCUT2D eigenvalue weighted by atomic mass is 35.5. The van der Waals surface area contributed by atoms with E-state index in [2.05, 4.69) is 6.58 Å². The van der Waals surface area contributed by atoms with Gasteiger partial charge >= 0.3 is 0 Å². The van der Waals surface area contributed by atoms with Crippen LogP contribution in [0.4, 0.5) is 0 Å². The molecule has 0 unspecified atom stereocenters. The van der Waals surface area contributed by atoms with Crippen LogP contribution in [-0.4, -0.2) is 21.7 Å². The summed E-state index contributed by atoms with van der Waals surface area (Å²) in [6.07, 6.45) is 3.44. The zero-order chi connectivity index (χ0) is 18.5. The standard InChI is InChI=1S/C20H16ClNO2S2/c1-2-10-24-17-9-8-16(21)11-15(17)12-18-19(23)22(20(25)26-18)13-14-6-4-3-5-7-14/h2-9,11-12H,1,10,13H2/b18-12-. The van der Waals surface area contributed by atoms with E-state index in [4.69, 9.17) is 28.6 Å². The van der Waals surface area contributed by atoms with E-state index in [9.17, 15) is 4.79 Å². The average Bonchev–Trinajstić information content (AvgIpc) is 2.89. The average molecular weight is 402 g/mol. The number of amides is 1. The van der Waals surface area contributed by atoms with Crippen LogP contribution in [0.25, 0.3) is 6.08 Å². The molecule has 0 aromatic heterocycles. The van der Waals surface area contributed by atoms with Gasteiger partial charge in [0.15, 0.2) is 0 Å². The number of hydrogen-bond acceptors (Lipinski definition) is 4. The fraction of sp³-hybridized carbons (Fsp3) is 0.100. The van der Waals surface area contributed by atoms with Crippen molar-refractivity contribution in [3.05, 3.63) is 82.2 Å². The fourth-order valence-corrected chi connectivity index (χ4v) is 3.88. The minimum Gasteiger partial charge on any atom is -0.489 e. The van der Waals surface area contributed by atoms with E-state index in [0.717, 1.165) is 11.1 Å². The van der Waals surface area contributed by atoms with Gasteiger partial charge in [-0.05, 0) is 29.8 Å². The zero-order valence-corrected chi connectivity index (χ0v) is 16.2. The third kappa shape index (κ3) is 4.36. The number of thioether (sulfide) groups is 1. The molecule has 26 heavy (non-hydrogen) atoms. The van der Waals surface area contributed by atoms with E-state index < -0.39 is 0 Å². The van der Waals surface area contributed by atoms with Gasteiger partial charge in [-0.2, -0.15) is 0 Å². The maximum Gasteiger partial charge on any atom is 0.266 e. The Hall–Kier alpha value is -2.08. The van der Waals surface area contributed by atoms with Crippen molar-refractivity contribution in [1.82, 2.24) is 4.90 Å². The van der Waals surface area contributed by atoms with Crippen molar-refractivity contribution >= 4 is 51.9 Å². The molecule has 0 bridgehead atoms. The third-order valence-electron chi connectivity index (χ3n) is 3.67. The SMILES string of the molecule is C=CCOc1ccc(Cl)cc1/C=C1\SC(=S)N(Cc2ccccc2)C1=O. The molecule has 2 aromatic rings. The molecular formula is C20H16ClNO2S2. The van der Waals surface area contributed by atoms with Gasteiger partial charge in [-0.15, -0.1) is 0 Å². The highest BCUT2D eigenvalue weighted by Gasteiger charge is 2.32. The van der Waals surface area contributed by atoms with Gasteiger partial charge in [-0.25, -0.2) is 0 Å². The molecule has 0 spiro atoms. The summed E-state index contributed by atoms with van der Waals surface area (Å²) in [6.45, 7) is 4.48. The van der Waals surface area contributed by atoms with Gasteiger partial charge in [-0.1, -0.05) is 78.6 Å². The second-order valence-electron chi connectivity index (χ2n) is 5.54. The van der Waals surface area contributed by atoms with E-state index in [1.807, 2.05) is 30.3 Å². The summed E-state index contributed by atoms with van der Waals surface area (Å²) in [6, 6.07) is 15.1. The third-order valence-corrected chi connectivity index (χ3v) is 5.29. The molecule has 0 N–H and O–H groups in total. The van der Waals surface area contributed by atoms with Crippen molar-refractivity contribution in [2.45, 2.75) is 6.54 Å². The molecule has 1 fully saturated rings. The molecule has 0 aliphatic carbocycles. The van der Waals surface area contributed by atoms with Crippen molar-refractivity contribution < 1.29 is 9.53 Å². The van der Waals surface area contributed by atoms with Gasteiger partial charge in [0.25, 0.3) is 5.91 Å². The predicted molar refractivity (Wildman–Crippen MR) is 112 cm³/mol. The Labute approximate surface area is 167 Å². The Morgan fingerprint density at radius 2 is 2.00 bits per heavy atom. The molecule has 0 atom stereocenters. The van der Waals surface area contributed by atoms with Crippen LogP contribution in [-0.2, 0) is 11.3 Å². The van der Waals surface area contributed by atoms with Crippen LogP contribution in [0.5, 0.6) is 5.75 Å². The van der Waals surface area contributed by atoms with E-state index in [1.165, 1.54) is 11.8 Å². The number of halogens is 1. The van der Waals surface area contributed by atoms with Crippen LogP contribution in [0.15, 0.2) is 66.1 Å². The Morgan fingerprint density at radius 3 is 2.73 bits per heavy atom. The molecule has 6 heteroatoms. The number of thiocarbonyl (C=S) groups is 1. The van der Waals surface area contributed by atoms with Crippen LogP contribution in [0.1, 0.15) is 11.1 Å². The second-order valence-corrected chi connectivity index (χ2v) is 7.65. The molecule has 1 aliphatic heterocycles. The summed E-state index contributed by atoms with van der Waals surface area (Å²) in [5, 5.41) is 0.571. The van der Waals surface area contributed by atoms with E-state index in [1.54, 1.807) is 35.3 Å². The lowest BCUT2D eigenvalue weighted by Gasteiger charge is -2.14. The van der Waals surface area contributed by atoms with Crippen molar-refractivity contribution in [2.24, 2.45) is 0 Å². The van der Waals surface area contributed by atoms with E-state index in [-0.39, 0.29) is 5.91 Å². The van der Waals surface area contributed by atoms with Crippen molar-refractivity contribution in [1.29, 1.82) is 0 Å². The van der Waals surface area contributed by atoms with E-state index in [0.29, 0.717) is 33.1 Å². The monoisotopic (exact) mass is 401 g/mol. The number of carbonyl (C=O) groups excluding carboxylic acids is 1. The lowest BCUT2D eigenvalue weighted by atomic mass is 10.1. The molecule has 132 valence electrons. The smallest absolute Gasteiger partial charge is 0.266 e. The normalized spacial score (nSPS) is 15.6. The summed E-state index contributed by atoms with van der Waals surface area (Å²) < 4.78 is 6.19. The second kappa shape index (κ2) is 8.54. The first-order valence-corrected chi connectivity index (χ1v) is 9.51. The van der Waals surface area contributed by atoms with Gasteiger partial charge in [0.05, 0.1) is 11.4 Å². The Kier molecular flexibility index (Phi) is 6.14. The maximum atomic E-state index is 12.8. The first-order valence-electron chi connectivity index (χ1n) is 7.91. The minimum atomic E-state index is -0.113. The number of rotatable bonds is 6. The number of ether oxygens (including phenoxy) is 1. The number of nitrogens with zero attached hydrogens (tertiary/aromatic N) is 1. The lowest BCUT2D eigenvalue weighted by molar-refractivity contribution is -0.122. The molecule has 0 radical (unpaired) electrons. The Balaban J connectivity index is 1.86. The number of hydrogen-bond donors (Lipinski definition) is 0. The molecule has 3 nitrogen and oxygen atoms in total. The quantitative estimate of drug-likeness (QED) is 0.373. The summed E-state index contributed by atoms with van der Waals surface area (Å²) in [4.78, 5) is 15.0. The Morgan fingerprint density at radius 1 is 1.23 bits per heavy atom. The Bertz CT molecular complexity index is 881.